The van der Waals surface area contributed by atoms with E-state index in [4.69, 9.17) is 4.74 Å². The van der Waals surface area contributed by atoms with Crippen LogP contribution in [-0.2, 0) is 10.0 Å². The molecule has 1 fully saturated rings. The summed E-state index contributed by atoms with van der Waals surface area (Å²) < 4.78 is 33.0. The first-order valence-electron chi connectivity index (χ1n) is 9.64. The minimum Gasteiger partial charge on any atom is -0.496 e. The Morgan fingerprint density at radius 1 is 1.07 bits per heavy atom. The second-order valence-electron chi connectivity index (χ2n) is 7.52. The van der Waals surface area contributed by atoms with Crippen molar-refractivity contribution in [3.8, 4) is 5.75 Å². The highest BCUT2D eigenvalue weighted by molar-refractivity contribution is 7.89. The lowest BCUT2D eigenvalue weighted by Crippen LogP contribution is -2.38. The Labute approximate surface area is 166 Å². The van der Waals surface area contributed by atoms with Gasteiger partial charge in [0.15, 0.2) is 0 Å². The van der Waals surface area contributed by atoms with Crippen molar-refractivity contribution in [3.05, 3.63) is 59.3 Å². The molecule has 0 aliphatic carbocycles. The number of aryl methyl sites for hydroxylation is 2. The molecule has 2 aromatic carbocycles. The second kappa shape index (κ2) is 7.26. The normalized spacial score (nSPS) is 16.5. The number of benzene rings is 2. The van der Waals surface area contributed by atoms with Crippen LogP contribution < -0.4 is 4.74 Å². The molecule has 1 aliphatic heterocycles. The van der Waals surface area contributed by atoms with Gasteiger partial charge in [0, 0.05) is 29.7 Å². The average Bonchev–Trinajstić information content (AvgIpc) is 3.03. The van der Waals surface area contributed by atoms with Crippen molar-refractivity contribution < 1.29 is 13.2 Å². The van der Waals surface area contributed by atoms with Crippen LogP contribution >= 0.6 is 0 Å². The number of aromatic amines is 1. The fourth-order valence-corrected chi connectivity index (χ4v) is 5.93. The van der Waals surface area contributed by atoms with Crippen LogP contribution in [0.5, 0.6) is 5.75 Å². The summed E-state index contributed by atoms with van der Waals surface area (Å²) in [7, 11) is -1.89. The van der Waals surface area contributed by atoms with Gasteiger partial charge in [-0.2, -0.15) is 4.31 Å². The number of aromatic nitrogens is 1. The van der Waals surface area contributed by atoms with E-state index in [1.54, 1.807) is 29.6 Å². The number of H-pyrrole nitrogens is 1. The third-order valence-corrected chi connectivity index (χ3v) is 7.70. The summed E-state index contributed by atoms with van der Waals surface area (Å²) in [6.45, 7) is 5.05. The number of para-hydroxylation sites is 1. The molecule has 6 heteroatoms. The molecule has 0 radical (unpaired) electrons. The maximum atomic E-state index is 13.1. The smallest absolute Gasteiger partial charge is 0.243 e. The number of piperidine rings is 1. The van der Waals surface area contributed by atoms with Crippen LogP contribution in [0.25, 0.3) is 10.9 Å². The fourth-order valence-electron chi connectivity index (χ4n) is 4.37. The molecule has 1 saturated heterocycles. The van der Waals surface area contributed by atoms with Crippen LogP contribution in [-0.4, -0.2) is 37.9 Å². The summed E-state index contributed by atoms with van der Waals surface area (Å²) in [5.41, 5.74) is 4.51. The highest BCUT2D eigenvalue weighted by atomic mass is 32.2. The van der Waals surface area contributed by atoms with Gasteiger partial charge in [0.05, 0.1) is 12.0 Å². The van der Waals surface area contributed by atoms with Gasteiger partial charge in [0.2, 0.25) is 10.0 Å². The molecule has 0 atom stereocenters. The third kappa shape index (κ3) is 3.20. The van der Waals surface area contributed by atoms with Crippen molar-refractivity contribution in [2.45, 2.75) is 37.5 Å². The molecule has 28 heavy (non-hydrogen) atoms. The summed E-state index contributed by atoms with van der Waals surface area (Å²) in [5, 5.41) is 1.26. The van der Waals surface area contributed by atoms with Crippen molar-refractivity contribution in [2.75, 3.05) is 20.2 Å². The van der Waals surface area contributed by atoms with Gasteiger partial charge >= 0.3 is 0 Å². The van der Waals surface area contributed by atoms with Crippen LogP contribution in [0.15, 0.2) is 47.4 Å². The van der Waals surface area contributed by atoms with Gasteiger partial charge in [-0.3, -0.25) is 0 Å². The van der Waals surface area contributed by atoms with Crippen LogP contribution in [0.4, 0.5) is 0 Å². The Kier molecular flexibility index (Phi) is 4.93. The lowest BCUT2D eigenvalue weighted by Gasteiger charge is -2.31. The van der Waals surface area contributed by atoms with E-state index in [9.17, 15) is 8.42 Å². The van der Waals surface area contributed by atoms with Crippen molar-refractivity contribution in [1.29, 1.82) is 0 Å². The number of fused-ring (bicyclic) bond motifs is 1. The van der Waals surface area contributed by atoms with Crippen molar-refractivity contribution in [1.82, 2.24) is 9.29 Å². The SMILES string of the molecule is COc1ccc(S(=O)(=O)N2CCC(c3c(C)[nH]c4ccccc34)CC2)cc1C. The summed E-state index contributed by atoms with van der Waals surface area (Å²) in [4.78, 5) is 3.81. The molecule has 5 nitrogen and oxygen atoms in total. The highest BCUT2D eigenvalue weighted by Crippen LogP contribution is 2.37. The minimum atomic E-state index is -3.48. The Bertz CT molecular complexity index is 1110. The number of hydrogen-bond acceptors (Lipinski definition) is 3. The average molecular weight is 399 g/mol. The molecule has 2 heterocycles. The van der Waals surface area contributed by atoms with E-state index in [1.807, 2.05) is 13.0 Å². The molecule has 0 unspecified atom stereocenters. The molecule has 0 spiro atoms. The molecule has 0 bridgehead atoms. The minimum absolute atomic E-state index is 0.340. The molecule has 1 aliphatic rings. The van der Waals surface area contributed by atoms with Crippen molar-refractivity contribution >= 4 is 20.9 Å². The molecule has 4 rings (SSSR count). The number of ether oxygens (including phenoxy) is 1. The van der Waals surface area contributed by atoms with E-state index in [2.05, 4.69) is 30.1 Å². The zero-order valence-electron chi connectivity index (χ0n) is 16.5. The van der Waals surface area contributed by atoms with Gasteiger partial charge in [0.1, 0.15) is 5.75 Å². The Morgan fingerprint density at radius 2 is 1.79 bits per heavy atom. The zero-order valence-corrected chi connectivity index (χ0v) is 17.3. The van der Waals surface area contributed by atoms with E-state index >= 15 is 0 Å². The van der Waals surface area contributed by atoms with Gasteiger partial charge in [0.25, 0.3) is 0 Å². The second-order valence-corrected chi connectivity index (χ2v) is 9.46. The highest BCUT2D eigenvalue weighted by Gasteiger charge is 2.31. The maximum absolute atomic E-state index is 13.1. The number of methoxy groups -OCH3 is 1. The Balaban J connectivity index is 1.55. The van der Waals surface area contributed by atoms with Gasteiger partial charge in [-0.15, -0.1) is 0 Å². The van der Waals surface area contributed by atoms with Gasteiger partial charge in [-0.25, -0.2) is 8.42 Å². The lowest BCUT2D eigenvalue weighted by molar-refractivity contribution is 0.320. The lowest BCUT2D eigenvalue weighted by atomic mass is 9.88. The van der Waals surface area contributed by atoms with Crippen LogP contribution in [0.1, 0.15) is 35.6 Å². The predicted molar refractivity (Wildman–Crippen MR) is 112 cm³/mol. The summed E-state index contributed by atoms with van der Waals surface area (Å²) in [6, 6.07) is 13.4. The first kappa shape index (κ1) is 19.0. The third-order valence-electron chi connectivity index (χ3n) is 5.81. The van der Waals surface area contributed by atoms with Crippen molar-refractivity contribution in [3.63, 3.8) is 0 Å². The summed E-state index contributed by atoms with van der Waals surface area (Å²) >= 11 is 0. The topological polar surface area (TPSA) is 62.4 Å². The Hall–Kier alpha value is -2.31. The van der Waals surface area contributed by atoms with E-state index in [-0.39, 0.29) is 0 Å². The fraction of sp³-hybridized carbons (Fsp3) is 0.364. The first-order valence-corrected chi connectivity index (χ1v) is 11.1. The number of nitrogens with zero attached hydrogens (tertiary/aromatic N) is 1. The van der Waals surface area contributed by atoms with Crippen LogP contribution in [0.2, 0.25) is 0 Å². The largest absolute Gasteiger partial charge is 0.496 e. The molecular formula is C22H26N2O3S. The van der Waals surface area contributed by atoms with E-state index < -0.39 is 10.0 Å². The van der Waals surface area contributed by atoms with Gasteiger partial charge in [-0.05, 0) is 68.0 Å². The summed E-state index contributed by atoms with van der Waals surface area (Å²) in [5.74, 6) is 1.08. The van der Waals surface area contributed by atoms with Crippen LogP contribution in [0, 0.1) is 13.8 Å². The molecule has 0 amide bonds. The molecule has 0 saturated carbocycles. The van der Waals surface area contributed by atoms with E-state index in [0.717, 1.165) is 23.9 Å². The predicted octanol–water partition coefficient (Wildman–Crippen LogP) is 4.36. The number of sulfonamides is 1. The van der Waals surface area contributed by atoms with Crippen molar-refractivity contribution in [2.24, 2.45) is 0 Å². The van der Waals surface area contributed by atoms with E-state index in [0.29, 0.717) is 29.7 Å². The monoisotopic (exact) mass is 398 g/mol. The number of hydrogen-bond donors (Lipinski definition) is 1. The molecule has 3 aromatic rings. The van der Waals surface area contributed by atoms with Gasteiger partial charge in [-0.1, -0.05) is 18.2 Å². The number of rotatable bonds is 4. The summed E-state index contributed by atoms with van der Waals surface area (Å²) in [6.07, 6.45) is 1.66. The van der Waals surface area contributed by atoms with E-state index in [1.165, 1.54) is 16.6 Å². The molecule has 1 aromatic heterocycles. The first-order chi connectivity index (χ1) is 13.4. The standard InChI is InChI=1S/C22H26N2O3S/c1-15-14-18(8-9-21(15)27-3)28(25,26)24-12-10-17(11-13-24)22-16(2)23-20-7-5-4-6-19(20)22/h4-9,14,17,23H,10-13H2,1-3H3. The number of nitrogens with one attached hydrogen (secondary N) is 1. The molecular weight excluding hydrogens is 372 g/mol. The molecule has 1 N–H and O–H groups in total. The maximum Gasteiger partial charge on any atom is 0.243 e. The Morgan fingerprint density at radius 3 is 2.46 bits per heavy atom. The van der Waals surface area contributed by atoms with Gasteiger partial charge < -0.3 is 9.72 Å². The molecule has 148 valence electrons. The van der Waals surface area contributed by atoms with Crippen LogP contribution in [0.3, 0.4) is 0 Å². The zero-order chi connectivity index (χ0) is 19.9. The quantitative estimate of drug-likeness (QED) is 0.710.